The van der Waals surface area contributed by atoms with Crippen molar-refractivity contribution in [1.29, 1.82) is 0 Å². The summed E-state index contributed by atoms with van der Waals surface area (Å²) in [4.78, 5) is 2.42. The Kier molecular flexibility index (Phi) is 2.23. The molecule has 1 aliphatic rings. The predicted octanol–water partition coefficient (Wildman–Crippen LogP) is 1.61. The van der Waals surface area contributed by atoms with Gasteiger partial charge in [-0.3, -0.25) is 4.48 Å². The first-order chi connectivity index (χ1) is 5.11. The van der Waals surface area contributed by atoms with Crippen LogP contribution in [0.3, 0.4) is 0 Å². The largest absolute Gasteiger partial charge is 0.324 e. The number of hydrogen-bond donors (Lipinski definition) is 0. The lowest BCUT2D eigenvalue weighted by molar-refractivity contribution is -0.859. The van der Waals surface area contributed by atoms with Crippen molar-refractivity contribution in [2.45, 2.75) is 20.8 Å². The molecular formula is C9H19N2+. The Bertz CT molecular complexity index is 174. The number of hydrogen-bond acceptors (Lipinski definition) is 1. The standard InChI is InChI=1S/C9H19N2/c1-5-10-8-11(4,6-2)7-9(10)3/h7H,5-6,8H2,1-4H3/q+1. The molecule has 11 heavy (non-hydrogen) atoms. The molecule has 0 aliphatic carbocycles. The van der Waals surface area contributed by atoms with Gasteiger partial charge in [0.2, 0.25) is 0 Å². The maximum atomic E-state index is 2.42. The van der Waals surface area contributed by atoms with Gasteiger partial charge in [0.15, 0.2) is 6.67 Å². The molecule has 0 fully saturated rings. The minimum absolute atomic E-state index is 1.07. The van der Waals surface area contributed by atoms with Crippen LogP contribution in [0, 0.1) is 0 Å². The fourth-order valence-electron chi connectivity index (χ4n) is 1.62. The Morgan fingerprint density at radius 3 is 2.45 bits per heavy atom. The predicted molar refractivity (Wildman–Crippen MR) is 47.7 cm³/mol. The summed E-state index contributed by atoms with van der Waals surface area (Å²) in [6.07, 6.45) is 2.35. The molecule has 0 amide bonds. The van der Waals surface area contributed by atoms with Crippen LogP contribution in [0.4, 0.5) is 0 Å². The summed E-state index contributed by atoms with van der Waals surface area (Å²) in [6, 6.07) is 0. The van der Waals surface area contributed by atoms with E-state index in [0.29, 0.717) is 0 Å². The summed E-state index contributed by atoms with van der Waals surface area (Å²) in [5.41, 5.74) is 1.43. The Morgan fingerprint density at radius 1 is 1.55 bits per heavy atom. The summed E-state index contributed by atoms with van der Waals surface area (Å²) >= 11 is 0. The second-order valence-corrected chi connectivity index (χ2v) is 3.56. The summed E-state index contributed by atoms with van der Waals surface area (Å²) < 4.78 is 1.07. The van der Waals surface area contributed by atoms with E-state index in [1.807, 2.05) is 0 Å². The van der Waals surface area contributed by atoms with Crippen LogP contribution in [-0.4, -0.2) is 36.2 Å². The number of allylic oxidation sites excluding steroid dienone is 1. The lowest BCUT2D eigenvalue weighted by Gasteiger charge is -2.26. The van der Waals surface area contributed by atoms with E-state index in [1.54, 1.807) is 0 Å². The van der Waals surface area contributed by atoms with Gasteiger partial charge in [-0.15, -0.1) is 0 Å². The zero-order valence-electron chi connectivity index (χ0n) is 8.09. The van der Waals surface area contributed by atoms with Crippen LogP contribution in [0.1, 0.15) is 20.8 Å². The highest BCUT2D eigenvalue weighted by molar-refractivity contribution is 4.96. The number of nitrogens with zero attached hydrogens (tertiary/aromatic N) is 2. The van der Waals surface area contributed by atoms with Crippen LogP contribution >= 0.6 is 0 Å². The minimum atomic E-state index is 1.07. The van der Waals surface area contributed by atoms with Gasteiger partial charge >= 0.3 is 0 Å². The quantitative estimate of drug-likeness (QED) is 0.548. The van der Waals surface area contributed by atoms with Gasteiger partial charge in [-0.05, 0) is 20.8 Å². The van der Waals surface area contributed by atoms with E-state index in [4.69, 9.17) is 0 Å². The van der Waals surface area contributed by atoms with Crippen LogP contribution in [0.25, 0.3) is 0 Å². The number of rotatable bonds is 2. The molecule has 0 aromatic rings. The molecule has 1 aliphatic heterocycles. The van der Waals surface area contributed by atoms with Crippen molar-refractivity contribution >= 4 is 0 Å². The third-order valence-corrected chi connectivity index (χ3v) is 2.60. The van der Waals surface area contributed by atoms with Crippen LogP contribution in [0.2, 0.25) is 0 Å². The van der Waals surface area contributed by atoms with Gasteiger partial charge in [-0.25, -0.2) is 0 Å². The van der Waals surface area contributed by atoms with Crippen molar-refractivity contribution in [3.05, 3.63) is 11.9 Å². The fourth-order valence-corrected chi connectivity index (χ4v) is 1.62. The van der Waals surface area contributed by atoms with E-state index in [9.17, 15) is 0 Å². The third kappa shape index (κ3) is 1.56. The molecule has 0 N–H and O–H groups in total. The van der Waals surface area contributed by atoms with E-state index in [-0.39, 0.29) is 0 Å². The summed E-state index contributed by atoms with van der Waals surface area (Å²) in [5, 5.41) is 0. The van der Waals surface area contributed by atoms with Crippen molar-refractivity contribution in [1.82, 2.24) is 4.90 Å². The van der Waals surface area contributed by atoms with E-state index >= 15 is 0 Å². The van der Waals surface area contributed by atoms with Gasteiger partial charge in [0, 0.05) is 6.54 Å². The molecule has 1 atom stereocenters. The van der Waals surface area contributed by atoms with Crippen molar-refractivity contribution in [2.75, 3.05) is 26.8 Å². The van der Waals surface area contributed by atoms with E-state index in [0.717, 1.165) is 17.7 Å². The van der Waals surface area contributed by atoms with Crippen LogP contribution in [-0.2, 0) is 0 Å². The third-order valence-electron chi connectivity index (χ3n) is 2.60. The Morgan fingerprint density at radius 2 is 2.18 bits per heavy atom. The Balaban J connectivity index is 2.69. The zero-order valence-corrected chi connectivity index (χ0v) is 8.09. The second-order valence-electron chi connectivity index (χ2n) is 3.56. The maximum absolute atomic E-state index is 2.42. The van der Waals surface area contributed by atoms with Crippen molar-refractivity contribution in [3.63, 3.8) is 0 Å². The number of quaternary nitrogens is 1. The lowest BCUT2D eigenvalue weighted by Crippen LogP contribution is -2.40. The van der Waals surface area contributed by atoms with Crippen LogP contribution in [0.5, 0.6) is 0 Å². The Labute approximate surface area is 69.7 Å². The molecule has 64 valence electrons. The summed E-state index contributed by atoms with van der Waals surface area (Å²) in [5.74, 6) is 0. The van der Waals surface area contributed by atoms with Gasteiger partial charge in [-0.2, -0.15) is 0 Å². The van der Waals surface area contributed by atoms with Crippen molar-refractivity contribution in [2.24, 2.45) is 0 Å². The van der Waals surface area contributed by atoms with Crippen molar-refractivity contribution < 1.29 is 4.48 Å². The molecule has 2 nitrogen and oxygen atoms in total. The average Bonchev–Trinajstić information content (AvgIpc) is 2.27. The smallest absolute Gasteiger partial charge is 0.158 e. The van der Waals surface area contributed by atoms with Gasteiger partial charge in [0.1, 0.15) is 6.20 Å². The highest BCUT2D eigenvalue weighted by Crippen LogP contribution is 2.20. The zero-order chi connectivity index (χ0) is 8.48. The van der Waals surface area contributed by atoms with Gasteiger partial charge in [-0.1, -0.05) is 0 Å². The summed E-state index contributed by atoms with van der Waals surface area (Å²) in [6.45, 7) is 10.1. The SMILES string of the molecule is CCN1C[N+](C)(CC)C=C1C. The highest BCUT2D eigenvalue weighted by atomic mass is 15.5. The highest BCUT2D eigenvalue weighted by Gasteiger charge is 2.28. The molecule has 0 saturated carbocycles. The van der Waals surface area contributed by atoms with E-state index in [1.165, 1.54) is 12.2 Å². The maximum Gasteiger partial charge on any atom is 0.158 e. The van der Waals surface area contributed by atoms with E-state index < -0.39 is 0 Å². The molecular weight excluding hydrogens is 136 g/mol. The first-order valence-corrected chi connectivity index (χ1v) is 4.40. The molecule has 0 aromatic heterocycles. The molecule has 1 heterocycles. The monoisotopic (exact) mass is 155 g/mol. The van der Waals surface area contributed by atoms with Crippen molar-refractivity contribution in [3.8, 4) is 0 Å². The molecule has 0 radical (unpaired) electrons. The minimum Gasteiger partial charge on any atom is -0.324 e. The molecule has 0 spiro atoms. The first kappa shape index (κ1) is 8.60. The molecule has 0 aromatic carbocycles. The lowest BCUT2D eigenvalue weighted by atomic mass is 10.5. The second kappa shape index (κ2) is 2.86. The topological polar surface area (TPSA) is 3.24 Å². The van der Waals surface area contributed by atoms with Gasteiger partial charge in [0.05, 0.1) is 19.3 Å². The van der Waals surface area contributed by atoms with Crippen LogP contribution in [0.15, 0.2) is 11.9 Å². The Hall–Kier alpha value is -0.500. The normalized spacial score (nSPS) is 30.9. The molecule has 2 heteroatoms. The molecule has 0 bridgehead atoms. The molecule has 1 rings (SSSR count). The first-order valence-electron chi connectivity index (χ1n) is 4.40. The van der Waals surface area contributed by atoms with Gasteiger partial charge < -0.3 is 4.90 Å². The van der Waals surface area contributed by atoms with Gasteiger partial charge in [0.25, 0.3) is 0 Å². The van der Waals surface area contributed by atoms with Crippen LogP contribution < -0.4 is 0 Å². The summed E-state index contributed by atoms with van der Waals surface area (Å²) in [7, 11) is 2.28. The average molecular weight is 155 g/mol. The fraction of sp³-hybridized carbons (Fsp3) is 0.778. The molecule has 1 unspecified atom stereocenters. The van der Waals surface area contributed by atoms with E-state index in [2.05, 4.69) is 38.9 Å². The molecule has 0 saturated heterocycles.